The summed E-state index contributed by atoms with van der Waals surface area (Å²) in [7, 11) is 0. The molecule has 0 aromatic heterocycles. The number of phenolic OH excluding ortho intramolecular Hbond substituents is 1. The molecule has 0 radical (unpaired) electrons. The lowest BCUT2D eigenvalue weighted by atomic mass is 9.90. The predicted molar refractivity (Wildman–Crippen MR) is 74.8 cm³/mol. The molecule has 1 heterocycles. The Hall–Kier alpha value is -1.75. The number of fused-ring (bicyclic) bond motifs is 1. The monoisotopic (exact) mass is 279 g/mol. The summed E-state index contributed by atoms with van der Waals surface area (Å²) in [4.78, 5) is 12.4. The quantitative estimate of drug-likeness (QED) is 0.806. The van der Waals surface area contributed by atoms with Crippen molar-refractivity contribution in [3.8, 4) is 11.5 Å². The zero-order valence-corrected chi connectivity index (χ0v) is 12.1. The number of ether oxygens (including phenoxy) is 2. The topological polar surface area (TPSA) is 67.8 Å². The van der Waals surface area contributed by atoms with Crippen LogP contribution in [0.5, 0.6) is 11.5 Å². The van der Waals surface area contributed by atoms with Crippen molar-refractivity contribution in [3.05, 3.63) is 23.8 Å². The van der Waals surface area contributed by atoms with Crippen LogP contribution in [0.1, 0.15) is 32.8 Å². The number of hydrogen-bond donors (Lipinski definition) is 2. The van der Waals surface area contributed by atoms with Gasteiger partial charge in [-0.05, 0) is 32.4 Å². The van der Waals surface area contributed by atoms with E-state index < -0.39 is 5.54 Å². The van der Waals surface area contributed by atoms with Crippen LogP contribution in [-0.2, 0) is 15.1 Å². The molecule has 5 heteroatoms. The normalized spacial score (nSPS) is 21.9. The Morgan fingerprint density at radius 3 is 2.95 bits per heavy atom. The van der Waals surface area contributed by atoms with Crippen LogP contribution in [0.2, 0.25) is 0 Å². The number of phenols is 1. The van der Waals surface area contributed by atoms with Gasteiger partial charge in [0.15, 0.2) is 5.54 Å². The molecule has 2 rings (SSSR count). The maximum Gasteiger partial charge on any atom is 0.334 e. The summed E-state index contributed by atoms with van der Waals surface area (Å²) in [5, 5.41) is 12.8. The fourth-order valence-electron chi connectivity index (χ4n) is 2.37. The smallest absolute Gasteiger partial charge is 0.334 e. The zero-order valence-electron chi connectivity index (χ0n) is 12.1. The largest absolute Gasteiger partial charge is 0.508 e. The Bertz CT molecular complexity index is 503. The first-order valence-corrected chi connectivity index (χ1v) is 6.94. The van der Waals surface area contributed by atoms with E-state index >= 15 is 0 Å². The van der Waals surface area contributed by atoms with Gasteiger partial charge >= 0.3 is 5.97 Å². The molecule has 110 valence electrons. The molecule has 0 saturated carbocycles. The van der Waals surface area contributed by atoms with Crippen molar-refractivity contribution in [3.63, 3.8) is 0 Å². The van der Waals surface area contributed by atoms with Gasteiger partial charge in [0.05, 0.1) is 6.61 Å². The van der Waals surface area contributed by atoms with Gasteiger partial charge in [0.1, 0.15) is 18.1 Å². The van der Waals surface area contributed by atoms with Crippen LogP contribution in [0.25, 0.3) is 0 Å². The average molecular weight is 279 g/mol. The van der Waals surface area contributed by atoms with E-state index in [1.54, 1.807) is 19.1 Å². The first-order chi connectivity index (χ1) is 9.53. The lowest BCUT2D eigenvalue weighted by Gasteiger charge is -2.30. The van der Waals surface area contributed by atoms with Crippen LogP contribution >= 0.6 is 0 Å². The second kappa shape index (κ2) is 5.71. The highest BCUT2D eigenvalue weighted by molar-refractivity contribution is 5.85. The predicted octanol–water partition coefficient (Wildman–Crippen LogP) is 1.93. The van der Waals surface area contributed by atoms with Crippen molar-refractivity contribution in [2.75, 3.05) is 13.2 Å². The van der Waals surface area contributed by atoms with Gasteiger partial charge in [0.2, 0.25) is 0 Å². The summed E-state index contributed by atoms with van der Waals surface area (Å²) in [5.41, 5.74) is -0.275. The lowest BCUT2D eigenvalue weighted by Crippen LogP contribution is -2.54. The molecular weight excluding hydrogens is 258 g/mol. The molecule has 1 aliphatic rings. The molecule has 2 atom stereocenters. The standard InChI is InChI=1S/C15H21NO4/c1-4-10(3)16-15(14(18)19-5-2)9-20-13-8-11(17)6-7-12(13)15/h6-8,10,16-17H,4-5,9H2,1-3H3. The lowest BCUT2D eigenvalue weighted by molar-refractivity contribution is -0.152. The zero-order chi connectivity index (χ0) is 14.8. The molecule has 0 amide bonds. The molecule has 5 nitrogen and oxygen atoms in total. The molecule has 0 saturated heterocycles. The summed E-state index contributed by atoms with van der Waals surface area (Å²) in [6.45, 7) is 6.33. The number of rotatable bonds is 5. The van der Waals surface area contributed by atoms with Crippen LogP contribution in [0.4, 0.5) is 0 Å². The minimum Gasteiger partial charge on any atom is -0.508 e. The number of hydrogen-bond acceptors (Lipinski definition) is 5. The Balaban J connectivity index is 2.42. The highest BCUT2D eigenvalue weighted by Gasteiger charge is 2.49. The van der Waals surface area contributed by atoms with E-state index in [4.69, 9.17) is 9.47 Å². The fraction of sp³-hybridized carbons (Fsp3) is 0.533. The van der Waals surface area contributed by atoms with E-state index in [9.17, 15) is 9.90 Å². The average Bonchev–Trinajstić information content (AvgIpc) is 2.78. The minimum atomic E-state index is -0.992. The molecule has 0 fully saturated rings. The second-order valence-corrected chi connectivity index (χ2v) is 5.05. The number of aromatic hydroxyl groups is 1. The van der Waals surface area contributed by atoms with Crippen molar-refractivity contribution in [2.45, 2.75) is 38.8 Å². The van der Waals surface area contributed by atoms with Gasteiger partial charge in [-0.15, -0.1) is 0 Å². The Kier molecular flexibility index (Phi) is 4.18. The van der Waals surface area contributed by atoms with E-state index in [0.29, 0.717) is 17.9 Å². The summed E-state index contributed by atoms with van der Waals surface area (Å²) in [6, 6.07) is 4.93. The first-order valence-electron chi connectivity index (χ1n) is 6.94. The first kappa shape index (κ1) is 14.7. The Labute approximate surface area is 118 Å². The summed E-state index contributed by atoms with van der Waals surface area (Å²) >= 11 is 0. The van der Waals surface area contributed by atoms with Gasteiger partial charge in [0.25, 0.3) is 0 Å². The number of carbonyl (C=O) groups excluding carboxylic acids is 1. The number of esters is 1. The molecule has 2 unspecified atom stereocenters. The maximum absolute atomic E-state index is 12.4. The molecular formula is C15H21NO4. The van der Waals surface area contributed by atoms with Crippen LogP contribution < -0.4 is 10.1 Å². The van der Waals surface area contributed by atoms with Gasteiger partial charge in [-0.3, -0.25) is 5.32 Å². The molecule has 1 aromatic rings. The fourth-order valence-corrected chi connectivity index (χ4v) is 2.37. The van der Waals surface area contributed by atoms with Gasteiger partial charge in [-0.2, -0.15) is 0 Å². The number of nitrogens with one attached hydrogen (secondary N) is 1. The highest BCUT2D eigenvalue weighted by Crippen LogP contribution is 2.40. The van der Waals surface area contributed by atoms with Crippen molar-refractivity contribution >= 4 is 5.97 Å². The third-order valence-electron chi connectivity index (χ3n) is 3.60. The SMILES string of the molecule is CCOC(=O)C1(NC(C)CC)COc2cc(O)ccc21. The Morgan fingerprint density at radius 2 is 2.30 bits per heavy atom. The molecule has 0 spiro atoms. The van der Waals surface area contributed by atoms with Crippen molar-refractivity contribution < 1.29 is 19.4 Å². The second-order valence-electron chi connectivity index (χ2n) is 5.05. The van der Waals surface area contributed by atoms with Gasteiger partial charge in [-0.25, -0.2) is 4.79 Å². The molecule has 0 bridgehead atoms. The highest BCUT2D eigenvalue weighted by atomic mass is 16.5. The molecule has 0 aliphatic carbocycles. The third-order valence-corrected chi connectivity index (χ3v) is 3.60. The van der Waals surface area contributed by atoms with Gasteiger partial charge in [-0.1, -0.05) is 6.92 Å². The van der Waals surface area contributed by atoms with Crippen LogP contribution in [0.3, 0.4) is 0 Å². The molecule has 20 heavy (non-hydrogen) atoms. The molecule has 2 N–H and O–H groups in total. The van der Waals surface area contributed by atoms with E-state index in [1.165, 1.54) is 6.07 Å². The van der Waals surface area contributed by atoms with E-state index in [1.807, 2.05) is 13.8 Å². The molecule has 1 aromatic carbocycles. The van der Waals surface area contributed by atoms with Crippen molar-refractivity contribution in [2.24, 2.45) is 0 Å². The minimum absolute atomic E-state index is 0.118. The van der Waals surface area contributed by atoms with Crippen molar-refractivity contribution in [1.82, 2.24) is 5.32 Å². The summed E-state index contributed by atoms with van der Waals surface area (Å²) in [6.07, 6.45) is 0.884. The molecule has 1 aliphatic heterocycles. The number of carbonyl (C=O) groups is 1. The van der Waals surface area contributed by atoms with Crippen LogP contribution in [-0.4, -0.2) is 30.3 Å². The Morgan fingerprint density at radius 1 is 1.55 bits per heavy atom. The van der Waals surface area contributed by atoms with Crippen LogP contribution in [0, 0.1) is 0 Å². The van der Waals surface area contributed by atoms with Crippen molar-refractivity contribution in [1.29, 1.82) is 0 Å². The van der Waals surface area contributed by atoms with Gasteiger partial charge in [0, 0.05) is 17.7 Å². The van der Waals surface area contributed by atoms with Gasteiger partial charge < -0.3 is 14.6 Å². The van der Waals surface area contributed by atoms with Crippen LogP contribution in [0.15, 0.2) is 18.2 Å². The van der Waals surface area contributed by atoms with E-state index in [-0.39, 0.29) is 24.4 Å². The summed E-state index contributed by atoms with van der Waals surface area (Å²) < 4.78 is 10.8. The number of benzene rings is 1. The third kappa shape index (κ3) is 2.45. The van der Waals surface area contributed by atoms with E-state index in [0.717, 1.165) is 6.42 Å². The maximum atomic E-state index is 12.4. The summed E-state index contributed by atoms with van der Waals surface area (Å²) in [5.74, 6) is 0.297. The van der Waals surface area contributed by atoms with E-state index in [2.05, 4.69) is 5.32 Å².